The van der Waals surface area contributed by atoms with Crippen molar-refractivity contribution in [2.75, 3.05) is 0 Å². The average molecular weight is 353 g/mol. The number of rotatable bonds is 5. The lowest BCUT2D eigenvalue weighted by Crippen LogP contribution is -2.44. The lowest BCUT2D eigenvalue weighted by Gasteiger charge is -2.26. The Balaban J connectivity index is 2.09. The van der Waals surface area contributed by atoms with Crippen LogP contribution in [0.5, 0.6) is 0 Å². The fourth-order valence-corrected chi connectivity index (χ4v) is 4.20. The highest BCUT2D eigenvalue weighted by Crippen LogP contribution is 2.29. The monoisotopic (exact) mass is 353 g/mol. The third-order valence-corrected chi connectivity index (χ3v) is 5.85. The molecule has 0 amide bonds. The topological polar surface area (TPSA) is 63.2 Å². The van der Waals surface area contributed by atoms with Crippen LogP contribution in [0.25, 0.3) is 10.8 Å². The van der Waals surface area contributed by atoms with E-state index < -0.39 is 15.6 Å². The van der Waals surface area contributed by atoms with Crippen LogP contribution >= 0.6 is 0 Å². The molecule has 128 valence electrons. The van der Waals surface area contributed by atoms with Gasteiger partial charge >= 0.3 is 0 Å². The zero-order chi connectivity index (χ0) is 18.1. The van der Waals surface area contributed by atoms with Crippen LogP contribution in [0.1, 0.15) is 18.1 Å². The molecule has 0 saturated heterocycles. The maximum atomic E-state index is 12.8. The lowest BCUT2D eigenvalue weighted by atomic mass is 9.90. The van der Waals surface area contributed by atoms with E-state index >= 15 is 0 Å². The minimum Gasteiger partial charge on any atom is -0.301 e. The minimum atomic E-state index is -3.84. The SMILES string of the molecule is Cc1ccc(S(=O)(=O)NC(C)(C=O)c2cccc3ccccc23)cc1. The van der Waals surface area contributed by atoms with Crippen LogP contribution in [0.15, 0.2) is 71.6 Å². The first-order valence-electron chi connectivity index (χ1n) is 7.91. The molecule has 25 heavy (non-hydrogen) atoms. The van der Waals surface area contributed by atoms with E-state index in [0.717, 1.165) is 16.3 Å². The molecule has 0 radical (unpaired) electrons. The zero-order valence-corrected chi connectivity index (χ0v) is 14.9. The van der Waals surface area contributed by atoms with Gasteiger partial charge in [-0.2, -0.15) is 4.72 Å². The van der Waals surface area contributed by atoms with Crippen LogP contribution in [0, 0.1) is 6.92 Å². The third kappa shape index (κ3) is 3.34. The van der Waals surface area contributed by atoms with E-state index in [4.69, 9.17) is 0 Å². The number of aldehydes is 1. The van der Waals surface area contributed by atoms with Crippen molar-refractivity contribution in [1.29, 1.82) is 0 Å². The van der Waals surface area contributed by atoms with Gasteiger partial charge in [0.25, 0.3) is 0 Å². The van der Waals surface area contributed by atoms with E-state index in [1.165, 1.54) is 12.1 Å². The molecule has 3 rings (SSSR count). The molecule has 0 aliphatic rings. The van der Waals surface area contributed by atoms with Gasteiger partial charge < -0.3 is 4.79 Å². The predicted molar refractivity (Wildman–Crippen MR) is 98.9 cm³/mol. The number of fused-ring (bicyclic) bond motifs is 1. The van der Waals surface area contributed by atoms with Crippen molar-refractivity contribution in [3.05, 3.63) is 77.9 Å². The number of carbonyl (C=O) groups excluding carboxylic acids is 1. The summed E-state index contributed by atoms with van der Waals surface area (Å²) in [4.78, 5) is 12.0. The largest absolute Gasteiger partial charge is 0.301 e. The van der Waals surface area contributed by atoms with Crippen molar-refractivity contribution in [3.63, 3.8) is 0 Å². The highest BCUT2D eigenvalue weighted by molar-refractivity contribution is 7.89. The summed E-state index contributed by atoms with van der Waals surface area (Å²) in [6.07, 6.45) is 0.639. The van der Waals surface area contributed by atoms with Gasteiger partial charge in [0.05, 0.1) is 4.90 Å². The van der Waals surface area contributed by atoms with Crippen LogP contribution in [-0.2, 0) is 20.4 Å². The first kappa shape index (κ1) is 17.3. The number of aryl methyl sites for hydroxylation is 1. The molecule has 0 fully saturated rings. The van der Waals surface area contributed by atoms with E-state index in [-0.39, 0.29) is 4.90 Å². The van der Waals surface area contributed by atoms with E-state index in [0.29, 0.717) is 11.8 Å². The van der Waals surface area contributed by atoms with E-state index in [2.05, 4.69) is 4.72 Å². The van der Waals surface area contributed by atoms with Crippen molar-refractivity contribution >= 4 is 27.1 Å². The van der Waals surface area contributed by atoms with Crippen molar-refractivity contribution in [3.8, 4) is 0 Å². The Bertz CT molecular complexity index is 1020. The molecule has 0 saturated carbocycles. The van der Waals surface area contributed by atoms with Crippen molar-refractivity contribution in [1.82, 2.24) is 4.72 Å². The molecular formula is C20H19NO3S. The van der Waals surface area contributed by atoms with Crippen molar-refractivity contribution in [2.24, 2.45) is 0 Å². The average Bonchev–Trinajstić information content (AvgIpc) is 2.61. The summed E-state index contributed by atoms with van der Waals surface area (Å²) in [6, 6.07) is 19.6. The summed E-state index contributed by atoms with van der Waals surface area (Å²) in [6.45, 7) is 3.46. The van der Waals surface area contributed by atoms with E-state index in [1.807, 2.05) is 43.3 Å². The number of hydrogen-bond donors (Lipinski definition) is 1. The van der Waals surface area contributed by atoms with Gasteiger partial charge in [-0.15, -0.1) is 0 Å². The predicted octanol–water partition coefficient (Wildman–Crippen LogP) is 3.54. The van der Waals surface area contributed by atoms with Crippen LogP contribution in [0.4, 0.5) is 0 Å². The van der Waals surface area contributed by atoms with E-state index in [9.17, 15) is 13.2 Å². The molecule has 3 aromatic rings. The summed E-state index contributed by atoms with van der Waals surface area (Å²) in [7, 11) is -3.84. The second kappa shape index (κ2) is 6.43. The number of hydrogen-bond acceptors (Lipinski definition) is 3. The van der Waals surface area contributed by atoms with Crippen molar-refractivity contribution in [2.45, 2.75) is 24.3 Å². The van der Waals surface area contributed by atoms with E-state index in [1.54, 1.807) is 25.1 Å². The summed E-state index contributed by atoms with van der Waals surface area (Å²) in [5.74, 6) is 0. The summed E-state index contributed by atoms with van der Waals surface area (Å²) in [5.41, 5.74) is 0.215. The van der Waals surface area contributed by atoms with Gasteiger partial charge in [-0.1, -0.05) is 60.2 Å². The minimum absolute atomic E-state index is 0.131. The maximum Gasteiger partial charge on any atom is 0.241 e. The smallest absolute Gasteiger partial charge is 0.241 e. The molecule has 1 N–H and O–H groups in total. The molecule has 0 bridgehead atoms. The molecule has 1 unspecified atom stereocenters. The molecule has 3 aromatic carbocycles. The van der Waals surface area contributed by atoms with Gasteiger partial charge in [-0.3, -0.25) is 0 Å². The Kier molecular flexibility index (Phi) is 4.45. The maximum absolute atomic E-state index is 12.8. The fourth-order valence-electron chi connectivity index (χ4n) is 2.88. The van der Waals surface area contributed by atoms with Gasteiger partial charge in [0, 0.05) is 0 Å². The summed E-state index contributed by atoms with van der Waals surface area (Å²) in [5, 5.41) is 1.79. The zero-order valence-electron chi connectivity index (χ0n) is 14.1. The Morgan fingerprint density at radius 3 is 2.24 bits per heavy atom. The highest BCUT2D eigenvalue weighted by Gasteiger charge is 2.33. The fraction of sp³-hybridized carbons (Fsp3) is 0.150. The molecule has 5 heteroatoms. The van der Waals surface area contributed by atoms with Gasteiger partial charge in [0.15, 0.2) is 0 Å². The Labute approximate surface area is 147 Å². The molecule has 0 heterocycles. The quantitative estimate of drug-likeness (QED) is 0.714. The Hall–Kier alpha value is -2.50. The first-order valence-corrected chi connectivity index (χ1v) is 9.39. The second-order valence-corrected chi connectivity index (χ2v) is 7.95. The van der Waals surface area contributed by atoms with Gasteiger partial charge in [-0.25, -0.2) is 8.42 Å². The van der Waals surface area contributed by atoms with Gasteiger partial charge in [0.2, 0.25) is 10.0 Å². The van der Waals surface area contributed by atoms with Crippen LogP contribution in [-0.4, -0.2) is 14.7 Å². The number of carbonyl (C=O) groups is 1. The number of benzene rings is 3. The molecular weight excluding hydrogens is 334 g/mol. The van der Waals surface area contributed by atoms with Crippen molar-refractivity contribution < 1.29 is 13.2 Å². The first-order chi connectivity index (χ1) is 11.9. The lowest BCUT2D eigenvalue weighted by molar-refractivity contribution is -0.112. The summed E-state index contributed by atoms with van der Waals surface area (Å²) < 4.78 is 28.1. The summed E-state index contributed by atoms with van der Waals surface area (Å²) >= 11 is 0. The Morgan fingerprint density at radius 1 is 0.920 bits per heavy atom. The van der Waals surface area contributed by atoms with Crippen LogP contribution in [0.3, 0.4) is 0 Å². The number of sulfonamides is 1. The second-order valence-electron chi connectivity index (χ2n) is 6.27. The van der Waals surface area contributed by atoms with Crippen LogP contribution < -0.4 is 4.72 Å². The molecule has 0 spiro atoms. The Morgan fingerprint density at radius 2 is 1.56 bits per heavy atom. The highest BCUT2D eigenvalue weighted by atomic mass is 32.2. The molecule has 0 aliphatic heterocycles. The van der Waals surface area contributed by atoms with Crippen LogP contribution in [0.2, 0.25) is 0 Å². The van der Waals surface area contributed by atoms with Gasteiger partial charge in [-0.05, 0) is 42.3 Å². The van der Waals surface area contributed by atoms with Gasteiger partial charge in [0.1, 0.15) is 11.8 Å². The normalized spacial score (nSPS) is 14.2. The molecule has 0 aromatic heterocycles. The standard InChI is InChI=1S/C20H19NO3S/c1-15-10-12-17(13-11-15)25(23,24)21-20(2,14-22)19-9-5-7-16-6-3-4-8-18(16)19/h3-14,21H,1-2H3. The molecule has 4 nitrogen and oxygen atoms in total. The molecule has 1 atom stereocenters. The third-order valence-electron chi connectivity index (χ3n) is 4.26. The number of nitrogens with one attached hydrogen (secondary N) is 1. The molecule has 0 aliphatic carbocycles.